The normalized spacial score (nSPS) is 14.7. The van der Waals surface area contributed by atoms with E-state index in [0.29, 0.717) is 11.4 Å². The summed E-state index contributed by atoms with van der Waals surface area (Å²) in [5.74, 6) is 0.0921. The van der Waals surface area contributed by atoms with Gasteiger partial charge in [-0.3, -0.25) is 14.5 Å². The molecule has 1 aliphatic rings. The molecule has 0 saturated carbocycles. The topological polar surface area (TPSA) is 92.8 Å². The van der Waals surface area contributed by atoms with Gasteiger partial charge in [0.2, 0.25) is 21.8 Å². The van der Waals surface area contributed by atoms with Crippen LogP contribution in [0.3, 0.4) is 0 Å². The summed E-state index contributed by atoms with van der Waals surface area (Å²) < 4.78 is 32.5. The summed E-state index contributed by atoms with van der Waals surface area (Å²) in [5.41, 5.74) is 1.14. The molecule has 0 spiro atoms. The Balaban J connectivity index is 1.73. The van der Waals surface area contributed by atoms with E-state index in [1.165, 1.54) is 24.3 Å². The van der Waals surface area contributed by atoms with Gasteiger partial charge in [0, 0.05) is 19.4 Å². The molecule has 1 saturated heterocycles. The van der Waals surface area contributed by atoms with E-state index in [1.807, 2.05) is 0 Å². The molecule has 2 aromatic carbocycles. The average molecular weight is 374 g/mol. The molecule has 2 aromatic rings. The molecule has 1 heterocycles. The molecule has 1 fully saturated rings. The summed E-state index contributed by atoms with van der Waals surface area (Å²) >= 11 is 0. The Hall–Kier alpha value is -2.71. The highest BCUT2D eigenvalue weighted by atomic mass is 32.2. The van der Waals surface area contributed by atoms with E-state index in [0.717, 1.165) is 10.5 Å². The molecular formula is C18H18N2O5S. The van der Waals surface area contributed by atoms with Crippen LogP contribution in [0.5, 0.6) is 5.75 Å². The van der Waals surface area contributed by atoms with Crippen LogP contribution in [0.2, 0.25) is 0 Å². The largest absolute Gasteiger partial charge is 0.497 e. The van der Waals surface area contributed by atoms with Crippen molar-refractivity contribution >= 4 is 27.5 Å². The molecule has 7 nitrogen and oxygen atoms in total. The SMILES string of the molecule is COc1cccc(CNS(=O)(=O)c2ccc(N3C(=O)CCC3=O)cc2)c1. The number of methoxy groups -OCH3 is 1. The van der Waals surface area contributed by atoms with Crippen LogP contribution in [0, 0.1) is 0 Å². The van der Waals surface area contributed by atoms with Gasteiger partial charge in [0.25, 0.3) is 0 Å². The lowest BCUT2D eigenvalue weighted by Crippen LogP contribution is -2.28. The van der Waals surface area contributed by atoms with Crippen molar-refractivity contribution in [3.05, 3.63) is 54.1 Å². The van der Waals surface area contributed by atoms with Gasteiger partial charge in [-0.2, -0.15) is 0 Å². The van der Waals surface area contributed by atoms with Crippen molar-refractivity contribution in [2.75, 3.05) is 12.0 Å². The Labute approximate surface area is 151 Å². The number of sulfonamides is 1. The van der Waals surface area contributed by atoms with E-state index in [-0.39, 0.29) is 36.1 Å². The molecule has 0 atom stereocenters. The third kappa shape index (κ3) is 3.76. The highest BCUT2D eigenvalue weighted by Crippen LogP contribution is 2.24. The van der Waals surface area contributed by atoms with E-state index in [1.54, 1.807) is 31.4 Å². The lowest BCUT2D eigenvalue weighted by Gasteiger charge is -2.14. The summed E-state index contributed by atoms with van der Waals surface area (Å²) in [7, 11) is -2.18. The fourth-order valence-corrected chi connectivity index (χ4v) is 3.70. The minimum atomic E-state index is -3.72. The fraction of sp³-hybridized carbons (Fsp3) is 0.222. The Morgan fingerprint density at radius 1 is 1.04 bits per heavy atom. The van der Waals surface area contributed by atoms with Crippen molar-refractivity contribution in [3.63, 3.8) is 0 Å². The van der Waals surface area contributed by atoms with Crippen LogP contribution in [0.1, 0.15) is 18.4 Å². The summed E-state index contributed by atoms with van der Waals surface area (Å²) in [5, 5.41) is 0. The Bertz CT molecular complexity index is 922. The Morgan fingerprint density at radius 2 is 1.69 bits per heavy atom. The lowest BCUT2D eigenvalue weighted by atomic mass is 10.2. The number of benzene rings is 2. The monoisotopic (exact) mass is 374 g/mol. The first-order valence-corrected chi connectivity index (χ1v) is 9.47. The first-order chi connectivity index (χ1) is 12.4. The number of amides is 2. The zero-order chi connectivity index (χ0) is 18.7. The van der Waals surface area contributed by atoms with Crippen LogP contribution < -0.4 is 14.4 Å². The third-order valence-electron chi connectivity index (χ3n) is 4.06. The summed E-state index contributed by atoms with van der Waals surface area (Å²) in [6.45, 7) is 0.115. The van der Waals surface area contributed by atoms with Crippen LogP contribution in [0.15, 0.2) is 53.4 Å². The maximum absolute atomic E-state index is 12.4. The van der Waals surface area contributed by atoms with Crippen LogP contribution in [0.4, 0.5) is 5.69 Å². The van der Waals surface area contributed by atoms with Gasteiger partial charge in [0.1, 0.15) is 5.75 Å². The van der Waals surface area contributed by atoms with Gasteiger partial charge in [-0.05, 0) is 42.0 Å². The van der Waals surface area contributed by atoms with Crippen molar-refractivity contribution in [1.29, 1.82) is 0 Å². The van der Waals surface area contributed by atoms with Gasteiger partial charge in [-0.15, -0.1) is 0 Å². The average Bonchev–Trinajstić information content (AvgIpc) is 2.99. The van der Waals surface area contributed by atoms with Crippen molar-refractivity contribution < 1.29 is 22.7 Å². The third-order valence-corrected chi connectivity index (χ3v) is 5.47. The number of ether oxygens (including phenoxy) is 1. The second kappa shape index (κ2) is 7.27. The Morgan fingerprint density at radius 3 is 2.31 bits per heavy atom. The zero-order valence-electron chi connectivity index (χ0n) is 14.1. The van der Waals surface area contributed by atoms with Gasteiger partial charge in [0.15, 0.2) is 0 Å². The molecule has 3 rings (SSSR count). The number of rotatable bonds is 6. The quantitative estimate of drug-likeness (QED) is 0.779. The van der Waals surface area contributed by atoms with Crippen molar-refractivity contribution in [3.8, 4) is 5.75 Å². The van der Waals surface area contributed by atoms with Crippen molar-refractivity contribution in [1.82, 2.24) is 4.72 Å². The first kappa shape index (κ1) is 18.1. The minimum Gasteiger partial charge on any atom is -0.497 e. The predicted octanol–water partition coefficient (Wildman–Crippen LogP) is 1.83. The molecule has 0 aliphatic carbocycles. The van der Waals surface area contributed by atoms with E-state index in [2.05, 4.69) is 4.72 Å². The number of hydrogen-bond acceptors (Lipinski definition) is 5. The van der Waals surface area contributed by atoms with Crippen LogP contribution in [-0.2, 0) is 26.2 Å². The molecule has 26 heavy (non-hydrogen) atoms. The molecular weight excluding hydrogens is 356 g/mol. The second-order valence-electron chi connectivity index (χ2n) is 5.79. The number of carbonyl (C=O) groups excluding carboxylic acids is 2. The number of nitrogens with one attached hydrogen (secondary N) is 1. The Kier molecular flexibility index (Phi) is 5.06. The molecule has 1 aliphatic heterocycles. The molecule has 0 aromatic heterocycles. The van der Waals surface area contributed by atoms with E-state index >= 15 is 0 Å². The van der Waals surface area contributed by atoms with Gasteiger partial charge < -0.3 is 4.74 Å². The highest BCUT2D eigenvalue weighted by Gasteiger charge is 2.30. The summed E-state index contributed by atoms with van der Waals surface area (Å²) in [6, 6.07) is 12.8. The molecule has 0 bridgehead atoms. The number of nitrogens with zero attached hydrogens (tertiary/aromatic N) is 1. The number of imide groups is 1. The van der Waals surface area contributed by atoms with Crippen LogP contribution >= 0.6 is 0 Å². The lowest BCUT2D eigenvalue weighted by molar-refractivity contribution is -0.121. The van der Waals surface area contributed by atoms with Gasteiger partial charge >= 0.3 is 0 Å². The van der Waals surface area contributed by atoms with Crippen LogP contribution in [-0.4, -0.2) is 27.3 Å². The van der Waals surface area contributed by atoms with Gasteiger partial charge in [-0.1, -0.05) is 12.1 Å². The maximum atomic E-state index is 12.4. The maximum Gasteiger partial charge on any atom is 0.240 e. The second-order valence-corrected chi connectivity index (χ2v) is 7.56. The zero-order valence-corrected chi connectivity index (χ0v) is 15.0. The van der Waals surface area contributed by atoms with E-state index in [9.17, 15) is 18.0 Å². The highest BCUT2D eigenvalue weighted by molar-refractivity contribution is 7.89. The summed E-state index contributed by atoms with van der Waals surface area (Å²) in [4.78, 5) is 24.6. The molecule has 2 amide bonds. The van der Waals surface area contributed by atoms with Gasteiger partial charge in [-0.25, -0.2) is 13.1 Å². The predicted molar refractivity (Wildman–Crippen MR) is 95.2 cm³/mol. The number of anilines is 1. The van der Waals surface area contributed by atoms with E-state index < -0.39 is 10.0 Å². The summed E-state index contributed by atoms with van der Waals surface area (Å²) in [6.07, 6.45) is 0.363. The molecule has 136 valence electrons. The van der Waals surface area contributed by atoms with Crippen LogP contribution in [0.25, 0.3) is 0 Å². The minimum absolute atomic E-state index is 0.0586. The molecule has 0 unspecified atom stereocenters. The first-order valence-electron chi connectivity index (χ1n) is 7.99. The molecule has 0 radical (unpaired) electrons. The number of carbonyl (C=O) groups is 2. The smallest absolute Gasteiger partial charge is 0.240 e. The molecule has 1 N–H and O–H groups in total. The van der Waals surface area contributed by atoms with Crippen molar-refractivity contribution in [2.24, 2.45) is 0 Å². The van der Waals surface area contributed by atoms with Crippen molar-refractivity contribution in [2.45, 2.75) is 24.3 Å². The van der Waals surface area contributed by atoms with Gasteiger partial charge in [0.05, 0.1) is 17.7 Å². The molecule has 8 heteroatoms. The van der Waals surface area contributed by atoms with E-state index in [4.69, 9.17) is 4.74 Å². The fourth-order valence-electron chi connectivity index (χ4n) is 2.68. The number of hydrogen-bond donors (Lipinski definition) is 1. The standard InChI is InChI=1S/C18H18N2O5S/c1-25-15-4-2-3-13(11-15)12-19-26(23,24)16-7-5-14(6-8-16)20-17(21)9-10-18(20)22/h2-8,11,19H,9-10,12H2,1H3.